The van der Waals surface area contributed by atoms with Crippen molar-refractivity contribution < 1.29 is 9.59 Å². The molecule has 5 aromatic rings. The van der Waals surface area contributed by atoms with Crippen LogP contribution in [0, 0.1) is 0 Å². The summed E-state index contributed by atoms with van der Waals surface area (Å²) in [6.45, 7) is 0. The summed E-state index contributed by atoms with van der Waals surface area (Å²) in [6, 6.07) is 28.1. The minimum Gasteiger partial charge on any atom is -0.289 e. The molecule has 0 saturated carbocycles. The third-order valence-electron chi connectivity index (χ3n) is 7.62. The Labute approximate surface area is 197 Å². The molecule has 7 rings (SSSR count). The maximum Gasteiger partial charge on any atom is 0.195 e. The Kier molecular flexibility index (Phi) is 4.13. The summed E-state index contributed by atoms with van der Waals surface area (Å²) in [6.07, 6.45) is 4.75. The number of ketones is 2. The topological polar surface area (TPSA) is 34.1 Å². The molecule has 2 aliphatic rings. The van der Waals surface area contributed by atoms with Crippen molar-refractivity contribution in [1.82, 2.24) is 0 Å². The zero-order valence-electron chi connectivity index (χ0n) is 18.7. The van der Waals surface area contributed by atoms with Crippen molar-refractivity contribution in [2.24, 2.45) is 0 Å². The molecule has 0 heterocycles. The molecule has 0 bridgehead atoms. The molecule has 0 saturated heterocycles. The quantitative estimate of drug-likeness (QED) is 0.252. The van der Waals surface area contributed by atoms with Crippen molar-refractivity contribution in [1.29, 1.82) is 0 Å². The van der Waals surface area contributed by atoms with Crippen LogP contribution in [-0.2, 0) is 12.8 Å². The van der Waals surface area contributed by atoms with E-state index in [9.17, 15) is 9.59 Å². The summed E-state index contributed by atoms with van der Waals surface area (Å²) in [5.41, 5.74) is 6.78. The predicted molar refractivity (Wildman–Crippen MR) is 137 cm³/mol. The molecule has 0 amide bonds. The third-order valence-corrected chi connectivity index (χ3v) is 7.62. The van der Waals surface area contributed by atoms with E-state index in [2.05, 4.69) is 36.4 Å². The lowest BCUT2D eigenvalue weighted by Gasteiger charge is -2.22. The minimum absolute atomic E-state index is 0.0737. The van der Waals surface area contributed by atoms with Gasteiger partial charge in [-0.1, -0.05) is 84.9 Å². The maximum atomic E-state index is 13.7. The van der Waals surface area contributed by atoms with E-state index in [1.54, 1.807) is 18.2 Å². The third kappa shape index (κ3) is 2.63. The van der Waals surface area contributed by atoms with Gasteiger partial charge >= 0.3 is 0 Å². The molecule has 5 aromatic carbocycles. The summed E-state index contributed by atoms with van der Waals surface area (Å²) in [5.74, 6) is -0.151. The van der Waals surface area contributed by atoms with E-state index in [-0.39, 0.29) is 11.6 Å². The van der Waals surface area contributed by atoms with Crippen LogP contribution < -0.4 is 0 Å². The second-order valence-corrected chi connectivity index (χ2v) is 9.41. The fourth-order valence-corrected chi connectivity index (χ4v) is 6.04. The Balaban J connectivity index is 1.55. The highest BCUT2D eigenvalue weighted by Gasteiger charge is 2.32. The Morgan fingerprint density at radius 1 is 0.500 bits per heavy atom. The number of fused-ring (bicyclic) bond motifs is 7. The minimum atomic E-state index is -0.0776. The molecule has 2 heteroatoms. The zero-order chi connectivity index (χ0) is 22.8. The van der Waals surface area contributed by atoms with Gasteiger partial charge in [0.2, 0.25) is 0 Å². The first kappa shape index (κ1) is 19.4. The monoisotopic (exact) mass is 438 g/mol. The molecule has 0 fully saturated rings. The fourth-order valence-electron chi connectivity index (χ4n) is 6.04. The highest BCUT2D eigenvalue weighted by atomic mass is 16.1. The Morgan fingerprint density at radius 3 is 2.06 bits per heavy atom. The summed E-state index contributed by atoms with van der Waals surface area (Å²) in [5, 5.41) is 4.84. The highest BCUT2D eigenvalue weighted by Crippen LogP contribution is 2.41. The molecule has 0 atom stereocenters. The van der Waals surface area contributed by atoms with Crippen molar-refractivity contribution >= 4 is 33.1 Å². The van der Waals surface area contributed by atoms with Gasteiger partial charge in [0.15, 0.2) is 11.6 Å². The van der Waals surface area contributed by atoms with Crippen molar-refractivity contribution in [2.75, 3.05) is 0 Å². The van der Waals surface area contributed by atoms with Gasteiger partial charge in [0.05, 0.1) is 0 Å². The fraction of sp³-hybridized carbons (Fsp3) is 0.125. The lowest BCUT2D eigenvalue weighted by molar-refractivity contribution is 0.0979. The van der Waals surface area contributed by atoms with Gasteiger partial charge in [0.1, 0.15) is 0 Å². The zero-order valence-corrected chi connectivity index (χ0v) is 18.7. The second kappa shape index (κ2) is 7.23. The largest absolute Gasteiger partial charge is 0.289 e. The van der Waals surface area contributed by atoms with Gasteiger partial charge in [-0.05, 0) is 69.5 Å². The van der Waals surface area contributed by atoms with Crippen LogP contribution in [0.4, 0.5) is 0 Å². The molecule has 162 valence electrons. The number of carbonyl (C=O) groups excluding carboxylic acids is 2. The van der Waals surface area contributed by atoms with E-state index >= 15 is 0 Å². The van der Waals surface area contributed by atoms with E-state index < -0.39 is 0 Å². The summed E-state index contributed by atoms with van der Waals surface area (Å²) < 4.78 is 0. The Morgan fingerprint density at radius 2 is 1.18 bits per heavy atom. The number of aryl methyl sites for hydroxylation is 2. The number of benzene rings is 5. The van der Waals surface area contributed by atoms with Crippen LogP contribution in [0.2, 0.25) is 0 Å². The molecule has 34 heavy (non-hydrogen) atoms. The van der Waals surface area contributed by atoms with Crippen LogP contribution in [0.1, 0.15) is 55.8 Å². The van der Waals surface area contributed by atoms with Gasteiger partial charge < -0.3 is 0 Å². The van der Waals surface area contributed by atoms with Crippen molar-refractivity contribution in [3.8, 4) is 11.1 Å². The molecule has 0 unspecified atom stereocenters. The van der Waals surface area contributed by atoms with Crippen molar-refractivity contribution in [3.05, 3.63) is 118 Å². The van der Waals surface area contributed by atoms with Crippen LogP contribution in [0.25, 0.3) is 32.7 Å². The van der Waals surface area contributed by atoms with Gasteiger partial charge in [0, 0.05) is 22.3 Å². The van der Waals surface area contributed by atoms with Crippen LogP contribution >= 0.6 is 0 Å². The van der Waals surface area contributed by atoms with Crippen LogP contribution in [0.3, 0.4) is 0 Å². The normalized spacial score (nSPS) is 14.7. The average molecular weight is 439 g/mol. The first-order chi connectivity index (χ1) is 16.7. The summed E-state index contributed by atoms with van der Waals surface area (Å²) in [7, 11) is 0. The lowest BCUT2D eigenvalue weighted by atomic mass is 9.79. The standard InChI is InChI=1S/C32H22O2/c33-31-26-10-3-4-11-27(26)32(34)30-24(13-6-14-28(30)31)23-12-5-8-20-16-17-22-21-9-2-1-7-19(21)15-18-25(22)29(20)23/h3-6,8,10-18H,1-2,7,9H2. The molecular weight excluding hydrogens is 416 g/mol. The number of hydrogen-bond donors (Lipinski definition) is 0. The lowest BCUT2D eigenvalue weighted by Crippen LogP contribution is -2.21. The number of hydrogen-bond acceptors (Lipinski definition) is 2. The van der Waals surface area contributed by atoms with Crippen LogP contribution in [0.15, 0.2) is 84.9 Å². The Bertz CT molecular complexity index is 1690. The van der Waals surface area contributed by atoms with Crippen molar-refractivity contribution in [2.45, 2.75) is 25.7 Å². The van der Waals surface area contributed by atoms with Gasteiger partial charge in [-0.3, -0.25) is 9.59 Å². The number of rotatable bonds is 1. The molecule has 0 N–H and O–H groups in total. The average Bonchev–Trinajstić information content (AvgIpc) is 2.90. The van der Waals surface area contributed by atoms with E-state index in [0.29, 0.717) is 22.3 Å². The van der Waals surface area contributed by atoms with E-state index in [1.807, 2.05) is 30.3 Å². The molecule has 0 aliphatic heterocycles. The maximum absolute atomic E-state index is 13.7. The van der Waals surface area contributed by atoms with E-state index in [4.69, 9.17) is 0 Å². The highest BCUT2D eigenvalue weighted by molar-refractivity contribution is 6.31. The molecule has 0 radical (unpaired) electrons. The summed E-state index contributed by atoms with van der Waals surface area (Å²) in [4.78, 5) is 27.0. The van der Waals surface area contributed by atoms with Gasteiger partial charge in [-0.2, -0.15) is 0 Å². The molecule has 0 aromatic heterocycles. The van der Waals surface area contributed by atoms with Crippen molar-refractivity contribution in [3.63, 3.8) is 0 Å². The molecular formula is C32H22O2. The van der Waals surface area contributed by atoms with Gasteiger partial charge in [-0.25, -0.2) is 0 Å². The molecule has 0 spiro atoms. The first-order valence-electron chi connectivity index (χ1n) is 12.0. The smallest absolute Gasteiger partial charge is 0.195 e. The van der Waals surface area contributed by atoms with E-state index in [0.717, 1.165) is 34.7 Å². The van der Waals surface area contributed by atoms with Gasteiger partial charge in [-0.15, -0.1) is 0 Å². The molecule has 2 nitrogen and oxygen atoms in total. The van der Waals surface area contributed by atoms with Crippen LogP contribution in [0.5, 0.6) is 0 Å². The predicted octanol–water partition coefficient (Wildman–Crippen LogP) is 7.31. The SMILES string of the molecule is O=C1c2ccccc2C(=O)c2c1cccc2-c1cccc2ccc3c4c(ccc3c12)CCCC4. The van der Waals surface area contributed by atoms with E-state index in [1.165, 1.54) is 34.7 Å². The number of carbonyl (C=O) groups is 2. The first-order valence-corrected chi connectivity index (χ1v) is 12.0. The van der Waals surface area contributed by atoms with Gasteiger partial charge in [0.25, 0.3) is 0 Å². The Hall–Kier alpha value is -4.04. The second-order valence-electron chi connectivity index (χ2n) is 9.41. The van der Waals surface area contributed by atoms with Crippen LogP contribution in [-0.4, -0.2) is 11.6 Å². The summed E-state index contributed by atoms with van der Waals surface area (Å²) >= 11 is 0. The molecule has 2 aliphatic carbocycles.